The highest BCUT2D eigenvalue weighted by atomic mass is 16.2. The summed E-state index contributed by atoms with van der Waals surface area (Å²) < 4.78 is 0. The minimum absolute atomic E-state index is 0.0929. The minimum Gasteiger partial charge on any atom is -0.399 e. The third-order valence-electron chi connectivity index (χ3n) is 3.86. The molecule has 2 rings (SSSR count). The fourth-order valence-electron chi connectivity index (χ4n) is 2.30. The van der Waals surface area contributed by atoms with E-state index in [9.17, 15) is 4.79 Å². The zero-order valence-corrected chi connectivity index (χ0v) is 11.3. The molecule has 0 unspecified atom stereocenters. The van der Waals surface area contributed by atoms with Crippen molar-refractivity contribution in [3.63, 3.8) is 0 Å². The van der Waals surface area contributed by atoms with Crippen LogP contribution in [-0.4, -0.2) is 29.4 Å². The summed E-state index contributed by atoms with van der Waals surface area (Å²) in [4.78, 5) is 14.1. The van der Waals surface area contributed by atoms with Crippen molar-refractivity contribution in [2.24, 2.45) is 0 Å². The predicted molar refractivity (Wildman–Crippen MR) is 73.1 cm³/mol. The fraction of sp³-hybridized carbons (Fsp3) is 0.500. The molecule has 1 aromatic rings. The number of carbonyl (C=O) groups is 1. The molecule has 1 aliphatic rings. The number of hydrogen-bond donors (Lipinski definition) is 2. The summed E-state index contributed by atoms with van der Waals surface area (Å²) in [6, 6.07) is 5.95. The van der Waals surface area contributed by atoms with E-state index in [1.54, 1.807) is 0 Å². The Morgan fingerprint density at radius 2 is 2.17 bits per heavy atom. The molecule has 1 amide bonds. The van der Waals surface area contributed by atoms with E-state index in [4.69, 9.17) is 5.73 Å². The first-order chi connectivity index (χ1) is 8.43. The van der Waals surface area contributed by atoms with E-state index in [1.807, 2.05) is 32.9 Å². The van der Waals surface area contributed by atoms with Crippen molar-refractivity contribution in [2.75, 3.05) is 18.8 Å². The number of anilines is 1. The Morgan fingerprint density at radius 3 is 2.89 bits per heavy atom. The number of nitrogen functional groups attached to an aromatic ring is 1. The van der Waals surface area contributed by atoms with Crippen LogP contribution in [0.4, 0.5) is 5.69 Å². The lowest BCUT2D eigenvalue weighted by molar-refractivity contribution is -0.135. The van der Waals surface area contributed by atoms with Gasteiger partial charge >= 0.3 is 0 Å². The van der Waals surface area contributed by atoms with Gasteiger partial charge in [-0.05, 0) is 38.0 Å². The Hall–Kier alpha value is -1.55. The Bertz CT molecular complexity index is 468. The number of piperazine rings is 1. The molecule has 18 heavy (non-hydrogen) atoms. The van der Waals surface area contributed by atoms with Crippen LogP contribution in [0.25, 0.3) is 0 Å². The zero-order chi connectivity index (χ0) is 13.3. The molecule has 3 N–H and O–H groups in total. The van der Waals surface area contributed by atoms with Gasteiger partial charge in [0.1, 0.15) is 0 Å². The molecule has 1 saturated heterocycles. The molecule has 1 heterocycles. The molecule has 0 radical (unpaired) electrons. The van der Waals surface area contributed by atoms with E-state index in [2.05, 4.69) is 16.3 Å². The molecule has 0 atom stereocenters. The minimum atomic E-state index is -0.463. The Kier molecular flexibility index (Phi) is 3.30. The van der Waals surface area contributed by atoms with Crippen LogP contribution in [0.5, 0.6) is 0 Å². The van der Waals surface area contributed by atoms with Crippen LogP contribution in [0.15, 0.2) is 18.2 Å². The van der Waals surface area contributed by atoms with Crippen molar-refractivity contribution in [3.05, 3.63) is 29.3 Å². The number of rotatable bonds is 2. The predicted octanol–water partition coefficient (Wildman–Crippen LogP) is 1.29. The van der Waals surface area contributed by atoms with Crippen LogP contribution >= 0.6 is 0 Å². The van der Waals surface area contributed by atoms with E-state index in [1.165, 1.54) is 5.56 Å². The van der Waals surface area contributed by atoms with Gasteiger partial charge in [0.15, 0.2) is 0 Å². The Morgan fingerprint density at radius 1 is 1.44 bits per heavy atom. The lowest BCUT2D eigenvalue weighted by Crippen LogP contribution is -2.61. The van der Waals surface area contributed by atoms with Crippen LogP contribution in [0.2, 0.25) is 0 Å². The SMILES string of the molecule is Cc1c(N)cccc1CN1CCNC(=O)C1(C)C. The van der Waals surface area contributed by atoms with Crippen LogP contribution in [0, 0.1) is 6.92 Å². The normalized spacial score (nSPS) is 19.6. The molecule has 0 bridgehead atoms. The van der Waals surface area contributed by atoms with Gasteiger partial charge < -0.3 is 11.1 Å². The zero-order valence-electron chi connectivity index (χ0n) is 11.3. The summed E-state index contributed by atoms with van der Waals surface area (Å²) >= 11 is 0. The molecule has 0 saturated carbocycles. The highest BCUT2D eigenvalue weighted by Crippen LogP contribution is 2.23. The topological polar surface area (TPSA) is 58.4 Å². The number of amides is 1. The van der Waals surface area contributed by atoms with Gasteiger partial charge in [-0.15, -0.1) is 0 Å². The van der Waals surface area contributed by atoms with Crippen molar-refractivity contribution in [3.8, 4) is 0 Å². The molecule has 1 fully saturated rings. The van der Waals surface area contributed by atoms with Gasteiger partial charge in [-0.1, -0.05) is 12.1 Å². The maximum atomic E-state index is 11.9. The van der Waals surface area contributed by atoms with Crippen molar-refractivity contribution in [2.45, 2.75) is 32.9 Å². The summed E-state index contributed by atoms with van der Waals surface area (Å²) in [6.07, 6.45) is 0. The smallest absolute Gasteiger partial charge is 0.240 e. The first-order valence-corrected chi connectivity index (χ1v) is 6.30. The molecular formula is C14H21N3O. The number of carbonyl (C=O) groups excluding carboxylic acids is 1. The molecule has 1 aromatic carbocycles. The first kappa shape index (κ1) is 12.9. The van der Waals surface area contributed by atoms with Crippen molar-refractivity contribution in [1.29, 1.82) is 0 Å². The molecule has 0 aliphatic carbocycles. The average molecular weight is 247 g/mol. The van der Waals surface area contributed by atoms with Gasteiger partial charge in [0, 0.05) is 25.3 Å². The molecule has 4 heteroatoms. The second kappa shape index (κ2) is 4.61. The van der Waals surface area contributed by atoms with Crippen LogP contribution < -0.4 is 11.1 Å². The maximum absolute atomic E-state index is 11.9. The Labute approximate surface area is 108 Å². The van der Waals surface area contributed by atoms with Crippen LogP contribution in [0.1, 0.15) is 25.0 Å². The molecule has 4 nitrogen and oxygen atoms in total. The van der Waals surface area contributed by atoms with E-state index in [0.717, 1.165) is 24.3 Å². The second-order valence-electron chi connectivity index (χ2n) is 5.37. The second-order valence-corrected chi connectivity index (χ2v) is 5.37. The third-order valence-corrected chi connectivity index (χ3v) is 3.86. The third kappa shape index (κ3) is 2.20. The van der Waals surface area contributed by atoms with Gasteiger partial charge in [0.25, 0.3) is 0 Å². The van der Waals surface area contributed by atoms with Gasteiger partial charge in [-0.25, -0.2) is 0 Å². The van der Waals surface area contributed by atoms with Crippen molar-refractivity contribution >= 4 is 11.6 Å². The summed E-state index contributed by atoms with van der Waals surface area (Å²) in [6.45, 7) is 8.29. The number of nitrogens with one attached hydrogen (secondary N) is 1. The monoisotopic (exact) mass is 247 g/mol. The average Bonchev–Trinajstić information content (AvgIpc) is 2.31. The number of hydrogen-bond acceptors (Lipinski definition) is 3. The van der Waals surface area contributed by atoms with Crippen molar-refractivity contribution < 1.29 is 4.79 Å². The molecule has 0 spiro atoms. The van der Waals surface area contributed by atoms with E-state index in [0.29, 0.717) is 6.54 Å². The number of nitrogens with two attached hydrogens (primary N) is 1. The van der Waals surface area contributed by atoms with E-state index >= 15 is 0 Å². The highest BCUT2D eigenvalue weighted by molar-refractivity contribution is 5.86. The van der Waals surface area contributed by atoms with Crippen molar-refractivity contribution in [1.82, 2.24) is 10.2 Å². The molecule has 98 valence electrons. The summed E-state index contributed by atoms with van der Waals surface area (Å²) in [5, 5.41) is 2.91. The van der Waals surface area contributed by atoms with E-state index < -0.39 is 5.54 Å². The summed E-state index contributed by atoms with van der Waals surface area (Å²) in [5.41, 5.74) is 8.57. The van der Waals surface area contributed by atoms with Gasteiger partial charge in [-0.2, -0.15) is 0 Å². The Balaban J connectivity index is 2.23. The molecule has 1 aliphatic heterocycles. The van der Waals surface area contributed by atoms with Crippen LogP contribution in [-0.2, 0) is 11.3 Å². The summed E-state index contributed by atoms with van der Waals surface area (Å²) in [5.74, 6) is 0.0929. The van der Waals surface area contributed by atoms with Gasteiger partial charge in [-0.3, -0.25) is 9.69 Å². The fourth-order valence-corrected chi connectivity index (χ4v) is 2.30. The maximum Gasteiger partial charge on any atom is 0.240 e. The highest BCUT2D eigenvalue weighted by Gasteiger charge is 2.37. The summed E-state index contributed by atoms with van der Waals surface area (Å²) in [7, 11) is 0. The number of benzene rings is 1. The first-order valence-electron chi connectivity index (χ1n) is 6.30. The quantitative estimate of drug-likeness (QED) is 0.774. The molecular weight excluding hydrogens is 226 g/mol. The lowest BCUT2D eigenvalue weighted by atomic mass is 9.97. The standard InChI is InChI=1S/C14H21N3O/c1-10-11(5-4-6-12(10)15)9-17-8-7-16-13(18)14(17,2)3/h4-6H,7-9,15H2,1-3H3,(H,16,18). The van der Waals surface area contributed by atoms with Gasteiger partial charge in [0.2, 0.25) is 5.91 Å². The molecule has 0 aromatic heterocycles. The van der Waals surface area contributed by atoms with Gasteiger partial charge in [0.05, 0.1) is 5.54 Å². The number of nitrogens with zero attached hydrogens (tertiary/aromatic N) is 1. The lowest BCUT2D eigenvalue weighted by Gasteiger charge is -2.41. The largest absolute Gasteiger partial charge is 0.399 e. The van der Waals surface area contributed by atoms with Crippen LogP contribution in [0.3, 0.4) is 0 Å². The van der Waals surface area contributed by atoms with E-state index in [-0.39, 0.29) is 5.91 Å².